The monoisotopic (exact) mass is 286 g/mol. The first-order valence-electron chi connectivity index (χ1n) is 7.14. The largest absolute Gasteiger partial charge is 0.481 e. The Morgan fingerprint density at radius 2 is 2.10 bits per heavy atom. The van der Waals surface area contributed by atoms with Crippen molar-refractivity contribution in [2.45, 2.75) is 58.1 Å². The summed E-state index contributed by atoms with van der Waals surface area (Å²) in [7, 11) is 0. The summed E-state index contributed by atoms with van der Waals surface area (Å²) in [4.78, 5) is 24.3. The highest BCUT2D eigenvalue weighted by Gasteiger charge is 2.30. The maximum absolute atomic E-state index is 12.0. The summed E-state index contributed by atoms with van der Waals surface area (Å²) in [5, 5.41) is 8.69. The minimum atomic E-state index is -0.833. The minimum absolute atomic E-state index is 0.0735. The summed E-state index contributed by atoms with van der Waals surface area (Å²) in [6.07, 6.45) is 2.02. The fourth-order valence-electron chi connectivity index (χ4n) is 2.38. The SMILES string of the molecule is CC(C)(C)OC(=O)N1CCCC(C(N)CCC(=O)O)C1. The number of carbonyl (C=O) groups is 2. The van der Waals surface area contributed by atoms with Crippen molar-refractivity contribution in [3.63, 3.8) is 0 Å². The molecule has 1 fully saturated rings. The molecule has 1 aliphatic rings. The molecular weight excluding hydrogens is 260 g/mol. The maximum Gasteiger partial charge on any atom is 0.410 e. The van der Waals surface area contributed by atoms with Crippen molar-refractivity contribution in [1.29, 1.82) is 0 Å². The number of carboxylic acids is 1. The Balaban J connectivity index is 2.49. The molecule has 0 spiro atoms. The molecule has 20 heavy (non-hydrogen) atoms. The lowest BCUT2D eigenvalue weighted by molar-refractivity contribution is -0.137. The number of ether oxygens (including phenoxy) is 1. The number of aliphatic carboxylic acids is 1. The van der Waals surface area contributed by atoms with E-state index in [0.717, 1.165) is 12.8 Å². The lowest BCUT2D eigenvalue weighted by Gasteiger charge is -2.36. The first-order valence-corrected chi connectivity index (χ1v) is 7.14. The summed E-state index contributed by atoms with van der Waals surface area (Å²) < 4.78 is 5.36. The molecule has 2 unspecified atom stereocenters. The van der Waals surface area contributed by atoms with Crippen LogP contribution in [0.15, 0.2) is 0 Å². The zero-order valence-electron chi connectivity index (χ0n) is 12.6. The highest BCUT2D eigenvalue weighted by molar-refractivity contribution is 5.68. The average Bonchev–Trinajstić information content (AvgIpc) is 2.34. The highest BCUT2D eigenvalue weighted by atomic mass is 16.6. The number of nitrogens with two attached hydrogens (primary N) is 1. The van der Waals surface area contributed by atoms with Crippen molar-refractivity contribution >= 4 is 12.1 Å². The zero-order chi connectivity index (χ0) is 15.3. The number of hydrogen-bond acceptors (Lipinski definition) is 4. The van der Waals surface area contributed by atoms with E-state index >= 15 is 0 Å². The van der Waals surface area contributed by atoms with E-state index in [1.54, 1.807) is 4.90 Å². The van der Waals surface area contributed by atoms with E-state index in [-0.39, 0.29) is 24.5 Å². The molecule has 2 atom stereocenters. The zero-order valence-corrected chi connectivity index (χ0v) is 12.6. The number of rotatable bonds is 4. The van der Waals surface area contributed by atoms with Gasteiger partial charge in [0.15, 0.2) is 0 Å². The van der Waals surface area contributed by atoms with Crippen LogP contribution >= 0.6 is 0 Å². The van der Waals surface area contributed by atoms with Gasteiger partial charge in [0, 0.05) is 25.6 Å². The van der Waals surface area contributed by atoms with Gasteiger partial charge < -0.3 is 20.5 Å². The van der Waals surface area contributed by atoms with E-state index in [1.165, 1.54) is 0 Å². The topological polar surface area (TPSA) is 92.9 Å². The number of carbonyl (C=O) groups excluding carboxylic acids is 1. The minimum Gasteiger partial charge on any atom is -0.481 e. The smallest absolute Gasteiger partial charge is 0.410 e. The molecule has 1 heterocycles. The number of nitrogens with zero attached hydrogens (tertiary/aromatic N) is 1. The van der Waals surface area contributed by atoms with Crippen LogP contribution in [0.3, 0.4) is 0 Å². The summed E-state index contributed by atoms with van der Waals surface area (Å²) in [6, 6.07) is -0.184. The molecule has 1 aliphatic heterocycles. The average molecular weight is 286 g/mol. The van der Waals surface area contributed by atoms with E-state index in [0.29, 0.717) is 19.5 Å². The van der Waals surface area contributed by atoms with Crippen LogP contribution in [0.1, 0.15) is 46.5 Å². The first kappa shape index (κ1) is 16.8. The van der Waals surface area contributed by atoms with E-state index in [4.69, 9.17) is 15.6 Å². The molecule has 0 radical (unpaired) electrons. The molecule has 1 amide bonds. The van der Waals surface area contributed by atoms with Gasteiger partial charge in [-0.2, -0.15) is 0 Å². The lowest BCUT2D eigenvalue weighted by Crippen LogP contribution is -2.47. The number of likely N-dealkylation sites (tertiary alicyclic amines) is 1. The van der Waals surface area contributed by atoms with Crippen molar-refractivity contribution in [1.82, 2.24) is 4.90 Å². The number of amides is 1. The lowest BCUT2D eigenvalue weighted by atomic mass is 9.89. The van der Waals surface area contributed by atoms with Crippen molar-refractivity contribution in [3.05, 3.63) is 0 Å². The molecule has 0 aromatic carbocycles. The van der Waals surface area contributed by atoms with Crippen LogP contribution in [0.5, 0.6) is 0 Å². The summed E-state index contributed by atoms with van der Waals surface area (Å²) in [5.74, 6) is -0.684. The Kier molecular flexibility index (Phi) is 5.80. The van der Waals surface area contributed by atoms with Crippen molar-refractivity contribution in [3.8, 4) is 0 Å². The van der Waals surface area contributed by atoms with Crippen LogP contribution < -0.4 is 5.73 Å². The molecule has 6 heteroatoms. The van der Waals surface area contributed by atoms with Gasteiger partial charge in [-0.1, -0.05) is 0 Å². The summed E-state index contributed by atoms with van der Waals surface area (Å²) >= 11 is 0. The summed E-state index contributed by atoms with van der Waals surface area (Å²) in [6.45, 7) is 6.74. The van der Waals surface area contributed by atoms with Gasteiger partial charge in [0.05, 0.1) is 0 Å². The fourth-order valence-corrected chi connectivity index (χ4v) is 2.38. The Morgan fingerprint density at radius 3 is 2.65 bits per heavy atom. The molecule has 1 saturated heterocycles. The second-order valence-electron chi connectivity index (χ2n) is 6.42. The van der Waals surface area contributed by atoms with Crippen molar-refractivity contribution in [2.75, 3.05) is 13.1 Å². The first-order chi connectivity index (χ1) is 9.19. The Morgan fingerprint density at radius 1 is 1.45 bits per heavy atom. The Hall–Kier alpha value is -1.30. The number of carboxylic acid groups (broad SMARTS) is 1. The van der Waals surface area contributed by atoms with Gasteiger partial charge in [0.1, 0.15) is 5.60 Å². The van der Waals surface area contributed by atoms with Gasteiger partial charge in [-0.3, -0.25) is 4.79 Å². The predicted molar refractivity (Wildman–Crippen MR) is 75.4 cm³/mol. The van der Waals surface area contributed by atoms with Crippen LogP contribution in [0, 0.1) is 5.92 Å². The van der Waals surface area contributed by atoms with Gasteiger partial charge >= 0.3 is 12.1 Å². The molecule has 0 aromatic heterocycles. The predicted octanol–water partition coefficient (Wildman–Crippen LogP) is 1.83. The molecule has 116 valence electrons. The molecule has 1 rings (SSSR count). The standard InChI is InChI=1S/C14H26N2O4/c1-14(2,3)20-13(19)16-8-4-5-10(9-16)11(15)6-7-12(17)18/h10-11H,4-9,15H2,1-3H3,(H,17,18). The van der Waals surface area contributed by atoms with E-state index in [1.807, 2.05) is 20.8 Å². The normalized spacial score (nSPS) is 21.4. The third-order valence-electron chi connectivity index (χ3n) is 3.41. The van der Waals surface area contributed by atoms with Crippen LogP contribution in [0.4, 0.5) is 4.79 Å². The third kappa shape index (κ3) is 5.77. The number of hydrogen-bond donors (Lipinski definition) is 2. The second-order valence-corrected chi connectivity index (χ2v) is 6.42. The van der Waals surface area contributed by atoms with Crippen LogP contribution in [-0.4, -0.2) is 46.8 Å². The van der Waals surface area contributed by atoms with E-state index < -0.39 is 11.6 Å². The van der Waals surface area contributed by atoms with Gasteiger partial charge in [-0.15, -0.1) is 0 Å². The quantitative estimate of drug-likeness (QED) is 0.822. The van der Waals surface area contributed by atoms with E-state index in [2.05, 4.69) is 0 Å². The van der Waals surface area contributed by atoms with Crippen LogP contribution in [-0.2, 0) is 9.53 Å². The molecule has 3 N–H and O–H groups in total. The third-order valence-corrected chi connectivity index (χ3v) is 3.41. The van der Waals surface area contributed by atoms with Crippen molar-refractivity contribution < 1.29 is 19.4 Å². The maximum atomic E-state index is 12.0. The molecule has 0 aliphatic carbocycles. The fraction of sp³-hybridized carbons (Fsp3) is 0.857. The molecule has 0 saturated carbocycles. The van der Waals surface area contributed by atoms with Crippen molar-refractivity contribution in [2.24, 2.45) is 11.7 Å². The molecule has 6 nitrogen and oxygen atoms in total. The van der Waals surface area contributed by atoms with Crippen LogP contribution in [0.25, 0.3) is 0 Å². The molecule has 0 bridgehead atoms. The van der Waals surface area contributed by atoms with Crippen LogP contribution in [0.2, 0.25) is 0 Å². The van der Waals surface area contributed by atoms with Gasteiger partial charge in [0.25, 0.3) is 0 Å². The molecule has 0 aromatic rings. The Bertz CT molecular complexity index is 352. The summed E-state index contributed by atoms with van der Waals surface area (Å²) in [5.41, 5.74) is 5.54. The second kappa shape index (κ2) is 6.92. The molecular formula is C14H26N2O4. The Labute approximate surface area is 120 Å². The van der Waals surface area contributed by atoms with E-state index in [9.17, 15) is 9.59 Å². The van der Waals surface area contributed by atoms with Gasteiger partial charge in [0.2, 0.25) is 0 Å². The highest BCUT2D eigenvalue weighted by Crippen LogP contribution is 2.22. The van der Waals surface area contributed by atoms with Gasteiger partial charge in [-0.25, -0.2) is 4.79 Å². The van der Waals surface area contributed by atoms with Gasteiger partial charge in [-0.05, 0) is 46.0 Å². The number of piperidine rings is 1.